The van der Waals surface area contributed by atoms with E-state index in [1.807, 2.05) is 0 Å². The number of hydrogen-bond donors (Lipinski definition) is 3. The number of hydrogen-bond acceptors (Lipinski definition) is 3. The van der Waals surface area contributed by atoms with E-state index in [0.29, 0.717) is 16.1 Å². The van der Waals surface area contributed by atoms with Crippen LogP contribution in [0.4, 0.5) is 5.69 Å². The summed E-state index contributed by atoms with van der Waals surface area (Å²) in [6.45, 7) is 0. The van der Waals surface area contributed by atoms with Crippen molar-refractivity contribution in [1.29, 1.82) is 0 Å². The molecule has 0 atom stereocenters. The Balaban J connectivity index is 3.05. The lowest BCUT2D eigenvalue weighted by atomic mass is 10.2. The van der Waals surface area contributed by atoms with Crippen LogP contribution in [0.15, 0.2) is 23.1 Å². The second-order valence-corrected chi connectivity index (χ2v) is 2.83. The van der Waals surface area contributed by atoms with Crippen molar-refractivity contribution in [2.75, 3.05) is 12.8 Å². The predicted molar refractivity (Wildman–Crippen MR) is 51.5 cm³/mol. The van der Waals surface area contributed by atoms with Gasteiger partial charge in [-0.1, -0.05) is 0 Å². The fourth-order valence-electron chi connectivity index (χ4n) is 0.829. The molecule has 0 saturated carbocycles. The number of nitrogens with one attached hydrogen (secondary N) is 1. The number of nitrogens with two attached hydrogens (primary N) is 1. The van der Waals surface area contributed by atoms with E-state index in [1.54, 1.807) is 25.2 Å². The molecule has 0 bridgehead atoms. The van der Waals surface area contributed by atoms with E-state index >= 15 is 0 Å². The molecule has 1 aromatic rings. The number of carbonyl (C=O) groups is 1. The van der Waals surface area contributed by atoms with E-state index in [2.05, 4.69) is 17.9 Å². The fraction of sp³-hybridized carbons (Fsp3) is 0.125. The van der Waals surface area contributed by atoms with Gasteiger partial charge in [0.25, 0.3) is 5.91 Å². The Hall–Kier alpha value is -1.16. The van der Waals surface area contributed by atoms with E-state index in [9.17, 15) is 4.79 Å². The minimum atomic E-state index is -0.134. The van der Waals surface area contributed by atoms with E-state index in [-0.39, 0.29) is 5.91 Å². The fourth-order valence-corrected chi connectivity index (χ4v) is 1.04. The summed E-state index contributed by atoms with van der Waals surface area (Å²) in [7, 11) is 1.58. The first kappa shape index (κ1) is 8.93. The number of anilines is 1. The highest BCUT2D eigenvalue weighted by Crippen LogP contribution is 2.17. The van der Waals surface area contributed by atoms with Crippen molar-refractivity contribution in [1.82, 2.24) is 5.32 Å². The molecule has 1 rings (SSSR count). The standard InChI is InChI=1S/C8H10N2OS/c1-10-8(11)5-2-3-6(9)7(12)4-5/h2-4,12H,9H2,1H3,(H,10,11). The molecule has 0 aromatic heterocycles. The number of amides is 1. The van der Waals surface area contributed by atoms with Crippen molar-refractivity contribution in [3.63, 3.8) is 0 Å². The van der Waals surface area contributed by atoms with Gasteiger partial charge in [-0.3, -0.25) is 4.79 Å². The quantitative estimate of drug-likeness (QED) is 0.447. The highest BCUT2D eigenvalue weighted by Gasteiger charge is 2.03. The van der Waals surface area contributed by atoms with Crippen LogP contribution in [0, 0.1) is 0 Å². The highest BCUT2D eigenvalue weighted by atomic mass is 32.1. The summed E-state index contributed by atoms with van der Waals surface area (Å²) in [6, 6.07) is 4.96. The van der Waals surface area contributed by atoms with Gasteiger partial charge >= 0.3 is 0 Å². The van der Waals surface area contributed by atoms with E-state index in [1.165, 1.54) is 0 Å². The van der Waals surface area contributed by atoms with Crippen molar-refractivity contribution in [3.8, 4) is 0 Å². The van der Waals surface area contributed by atoms with Crippen LogP contribution >= 0.6 is 12.6 Å². The number of rotatable bonds is 1. The average Bonchev–Trinajstić information content (AvgIpc) is 2.08. The molecule has 3 N–H and O–H groups in total. The molecule has 0 saturated heterocycles. The van der Waals surface area contributed by atoms with Crippen LogP contribution in [0.3, 0.4) is 0 Å². The van der Waals surface area contributed by atoms with Gasteiger partial charge in [0.15, 0.2) is 0 Å². The normalized spacial score (nSPS) is 9.50. The van der Waals surface area contributed by atoms with Gasteiger partial charge in [-0.2, -0.15) is 0 Å². The summed E-state index contributed by atoms with van der Waals surface area (Å²) >= 11 is 4.10. The van der Waals surface area contributed by atoms with Gasteiger partial charge in [-0.05, 0) is 18.2 Å². The molecule has 0 radical (unpaired) electrons. The van der Waals surface area contributed by atoms with E-state index in [4.69, 9.17) is 5.73 Å². The van der Waals surface area contributed by atoms with Crippen LogP contribution in [-0.4, -0.2) is 13.0 Å². The molecule has 1 amide bonds. The summed E-state index contributed by atoms with van der Waals surface area (Å²) in [5.41, 5.74) is 6.66. The lowest BCUT2D eigenvalue weighted by molar-refractivity contribution is 0.0963. The maximum Gasteiger partial charge on any atom is 0.251 e. The molecule has 3 nitrogen and oxygen atoms in total. The lowest BCUT2D eigenvalue weighted by Gasteiger charge is -2.02. The molecular weight excluding hydrogens is 172 g/mol. The van der Waals surface area contributed by atoms with Crippen LogP contribution < -0.4 is 11.1 Å². The molecule has 4 heteroatoms. The van der Waals surface area contributed by atoms with Crippen molar-refractivity contribution in [2.45, 2.75) is 4.90 Å². The summed E-state index contributed by atoms with van der Waals surface area (Å²) in [5.74, 6) is -0.134. The van der Waals surface area contributed by atoms with E-state index < -0.39 is 0 Å². The lowest BCUT2D eigenvalue weighted by Crippen LogP contribution is -2.17. The predicted octanol–water partition coefficient (Wildman–Crippen LogP) is 0.917. The summed E-state index contributed by atoms with van der Waals surface area (Å²) in [4.78, 5) is 11.7. The molecular formula is C8H10N2OS. The topological polar surface area (TPSA) is 55.1 Å². The van der Waals surface area contributed by atoms with Gasteiger partial charge in [-0.25, -0.2) is 0 Å². The first-order valence-electron chi connectivity index (χ1n) is 3.45. The van der Waals surface area contributed by atoms with Gasteiger partial charge in [0.05, 0.1) is 0 Å². The summed E-state index contributed by atoms with van der Waals surface area (Å²) < 4.78 is 0. The van der Waals surface area contributed by atoms with Crippen molar-refractivity contribution in [3.05, 3.63) is 23.8 Å². The SMILES string of the molecule is CNC(=O)c1ccc(N)c(S)c1. The molecule has 0 unspecified atom stereocenters. The van der Waals surface area contributed by atoms with Crippen LogP contribution in [0.5, 0.6) is 0 Å². The Labute approximate surface area is 76.4 Å². The molecule has 0 heterocycles. The monoisotopic (exact) mass is 182 g/mol. The Morgan fingerprint density at radius 3 is 2.75 bits per heavy atom. The van der Waals surface area contributed by atoms with Gasteiger partial charge < -0.3 is 11.1 Å². The number of benzene rings is 1. The Bertz CT molecular complexity index is 312. The molecule has 0 aliphatic carbocycles. The third-order valence-corrected chi connectivity index (χ3v) is 1.91. The van der Waals surface area contributed by atoms with Crippen LogP contribution in [0.25, 0.3) is 0 Å². The maximum absolute atomic E-state index is 11.1. The molecule has 1 aromatic carbocycles. The van der Waals surface area contributed by atoms with Crippen LogP contribution in [0.2, 0.25) is 0 Å². The second-order valence-electron chi connectivity index (χ2n) is 2.35. The van der Waals surface area contributed by atoms with Crippen LogP contribution in [0.1, 0.15) is 10.4 Å². The number of nitrogen functional groups attached to an aromatic ring is 1. The Morgan fingerprint density at radius 2 is 2.25 bits per heavy atom. The zero-order valence-corrected chi connectivity index (χ0v) is 7.56. The Morgan fingerprint density at radius 1 is 1.58 bits per heavy atom. The van der Waals surface area contributed by atoms with Gasteiger partial charge in [-0.15, -0.1) is 12.6 Å². The summed E-state index contributed by atoms with van der Waals surface area (Å²) in [6.07, 6.45) is 0. The largest absolute Gasteiger partial charge is 0.398 e. The number of thiol groups is 1. The molecule has 0 aliphatic heterocycles. The molecule has 12 heavy (non-hydrogen) atoms. The van der Waals surface area contributed by atoms with Crippen molar-refractivity contribution < 1.29 is 4.79 Å². The molecule has 64 valence electrons. The van der Waals surface area contributed by atoms with E-state index in [0.717, 1.165) is 0 Å². The van der Waals surface area contributed by atoms with Gasteiger partial charge in [0.1, 0.15) is 0 Å². The molecule has 0 aliphatic rings. The second kappa shape index (κ2) is 3.49. The van der Waals surface area contributed by atoms with Gasteiger partial charge in [0.2, 0.25) is 0 Å². The first-order valence-corrected chi connectivity index (χ1v) is 3.90. The molecule has 0 spiro atoms. The third-order valence-electron chi connectivity index (χ3n) is 1.52. The Kier molecular flexibility index (Phi) is 2.60. The van der Waals surface area contributed by atoms with Crippen molar-refractivity contribution in [2.24, 2.45) is 0 Å². The van der Waals surface area contributed by atoms with Crippen LogP contribution in [-0.2, 0) is 0 Å². The zero-order valence-electron chi connectivity index (χ0n) is 6.66. The maximum atomic E-state index is 11.1. The first-order chi connectivity index (χ1) is 5.65. The third kappa shape index (κ3) is 1.71. The smallest absolute Gasteiger partial charge is 0.251 e. The highest BCUT2D eigenvalue weighted by molar-refractivity contribution is 7.80. The average molecular weight is 182 g/mol. The van der Waals surface area contributed by atoms with Gasteiger partial charge in [0, 0.05) is 23.2 Å². The zero-order chi connectivity index (χ0) is 9.14. The number of carbonyl (C=O) groups excluding carboxylic acids is 1. The molecule has 0 fully saturated rings. The minimum absolute atomic E-state index is 0.134. The van der Waals surface area contributed by atoms with Crippen molar-refractivity contribution >= 4 is 24.2 Å². The summed E-state index contributed by atoms with van der Waals surface area (Å²) in [5, 5.41) is 2.51. The minimum Gasteiger partial charge on any atom is -0.398 e.